The van der Waals surface area contributed by atoms with Crippen molar-refractivity contribution in [2.75, 3.05) is 5.32 Å². The Balaban J connectivity index is 2.13. The molecule has 0 saturated heterocycles. The van der Waals surface area contributed by atoms with E-state index in [9.17, 15) is 13.6 Å². The number of nitrogens with zero attached hydrogens (tertiary/aromatic N) is 1. The van der Waals surface area contributed by atoms with Crippen molar-refractivity contribution >= 4 is 23.2 Å². The highest BCUT2D eigenvalue weighted by Crippen LogP contribution is 2.20. The van der Waals surface area contributed by atoms with Gasteiger partial charge in [0.2, 0.25) is 5.91 Å². The molecule has 3 nitrogen and oxygen atoms in total. The van der Waals surface area contributed by atoms with Crippen LogP contribution in [0.25, 0.3) is 0 Å². The Morgan fingerprint density at radius 2 is 1.95 bits per heavy atom. The van der Waals surface area contributed by atoms with E-state index in [1.54, 1.807) is 0 Å². The highest BCUT2D eigenvalue weighted by atomic mass is 35.5. The zero-order chi connectivity index (χ0) is 15.4. The van der Waals surface area contributed by atoms with E-state index in [1.165, 1.54) is 24.3 Å². The average molecular weight is 307 g/mol. The molecule has 0 aliphatic carbocycles. The van der Waals surface area contributed by atoms with Gasteiger partial charge in [-0.25, -0.2) is 8.78 Å². The van der Waals surface area contributed by atoms with Crippen LogP contribution < -0.4 is 5.32 Å². The second-order valence-electron chi connectivity index (χ2n) is 4.28. The van der Waals surface area contributed by atoms with E-state index in [-0.39, 0.29) is 17.7 Å². The lowest BCUT2D eigenvalue weighted by Gasteiger charge is -2.08. The van der Waals surface area contributed by atoms with Gasteiger partial charge in [-0.2, -0.15) is 5.26 Å². The maximum atomic E-state index is 13.1. The summed E-state index contributed by atoms with van der Waals surface area (Å²) >= 11 is 5.80. The number of amides is 1. The molecule has 0 heterocycles. The summed E-state index contributed by atoms with van der Waals surface area (Å²) in [5, 5.41) is 11.8. The highest BCUT2D eigenvalue weighted by molar-refractivity contribution is 6.31. The SMILES string of the molecule is N#Cc1ccc(Cl)cc1NC(=O)Cc1ccc(F)c(F)c1. The maximum Gasteiger partial charge on any atom is 0.228 e. The van der Waals surface area contributed by atoms with Gasteiger partial charge >= 0.3 is 0 Å². The standard InChI is InChI=1S/C15H9ClF2N2O/c16-11-3-2-10(8-19)14(7-11)20-15(21)6-9-1-4-12(17)13(18)5-9/h1-5,7H,6H2,(H,20,21). The number of anilines is 1. The fourth-order valence-electron chi connectivity index (χ4n) is 1.75. The van der Waals surface area contributed by atoms with E-state index in [1.807, 2.05) is 6.07 Å². The Bertz CT molecular complexity index is 741. The number of carbonyl (C=O) groups is 1. The lowest BCUT2D eigenvalue weighted by Crippen LogP contribution is -2.15. The molecule has 6 heteroatoms. The molecule has 0 fully saturated rings. The summed E-state index contributed by atoms with van der Waals surface area (Å²) < 4.78 is 25.9. The maximum absolute atomic E-state index is 13.1. The molecule has 0 unspecified atom stereocenters. The van der Waals surface area contributed by atoms with Crippen molar-refractivity contribution in [3.05, 3.63) is 64.2 Å². The molecule has 0 aliphatic heterocycles. The first-order valence-corrected chi connectivity index (χ1v) is 6.31. The van der Waals surface area contributed by atoms with E-state index in [0.29, 0.717) is 10.6 Å². The lowest BCUT2D eigenvalue weighted by molar-refractivity contribution is -0.115. The number of rotatable bonds is 3. The zero-order valence-corrected chi connectivity index (χ0v) is 11.4. The van der Waals surface area contributed by atoms with Gasteiger partial charge in [0.05, 0.1) is 17.7 Å². The summed E-state index contributed by atoms with van der Waals surface area (Å²) in [4.78, 5) is 11.9. The lowest BCUT2D eigenvalue weighted by atomic mass is 10.1. The summed E-state index contributed by atoms with van der Waals surface area (Å²) in [7, 11) is 0. The quantitative estimate of drug-likeness (QED) is 0.940. The minimum atomic E-state index is -1.01. The van der Waals surface area contributed by atoms with Crippen LogP contribution in [0.2, 0.25) is 5.02 Å². The van der Waals surface area contributed by atoms with E-state index in [0.717, 1.165) is 12.1 Å². The third-order valence-electron chi connectivity index (χ3n) is 2.72. The topological polar surface area (TPSA) is 52.9 Å². The van der Waals surface area contributed by atoms with Crippen LogP contribution >= 0.6 is 11.6 Å². The van der Waals surface area contributed by atoms with E-state index in [2.05, 4.69) is 5.32 Å². The van der Waals surface area contributed by atoms with Gasteiger partial charge < -0.3 is 5.32 Å². The Morgan fingerprint density at radius 3 is 2.62 bits per heavy atom. The highest BCUT2D eigenvalue weighted by Gasteiger charge is 2.10. The third kappa shape index (κ3) is 3.77. The summed E-state index contributed by atoms with van der Waals surface area (Å²) in [5.74, 6) is -2.44. The molecule has 1 amide bonds. The van der Waals surface area contributed by atoms with Crippen molar-refractivity contribution in [3.63, 3.8) is 0 Å². The molecule has 0 spiro atoms. The number of hydrogen-bond acceptors (Lipinski definition) is 2. The van der Waals surface area contributed by atoms with Crippen LogP contribution in [0, 0.1) is 23.0 Å². The molecule has 0 saturated carbocycles. The fourth-order valence-corrected chi connectivity index (χ4v) is 1.92. The van der Waals surface area contributed by atoms with Gasteiger partial charge in [0.15, 0.2) is 11.6 Å². The van der Waals surface area contributed by atoms with E-state index >= 15 is 0 Å². The molecule has 0 bridgehead atoms. The molecule has 0 aliphatic rings. The number of hydrogen-bond donors (Lipinski definition) is 1. The predicted molar refractivity (Wildman–Crippen MR) is 74.9 cm³/mol. The first-order valence-electron chi connectivity index (χ1n) is 5.93. The van der Waals surface area contributed by atoms with Gasteiger partial charge in [0.1, 0.15) is 6.07 Å². The normalized spacial score (nSPS) is 10.0. The Labute approximate surface area is 124 Å². The summed E-state index contributed by atoms with van der Waals surface area (Å²) in [5.41, 5.74) is 0.863. The van der Waals surface area contributed by atoms with Crippen LogP contribution in [0.1, 0.15) is 11.1 Å². The van der Waals surface area contributed by atoms with Gasteiger partial charge in [-0.1, -0.05) is 17.7 Å². The van der Waals surface area contributed by atoms with Crippen molar-refractivity contribution in [1.29, 1.82) is 5.26 Å². The monoisotopic (exact) mass is 306 g/mol. The molecule has 21 heavy (non-hydrogen) atoms. The largest absolute Gasteiger partial charge is 0.325 e. The minimum Gasteiger partial charge on any atom is -0.325 e. The van der Waals surface area contributed by atoms with Crippen molar-refractivity contribution < 1.29 is 13.6 Å². The molecular weight excluding hydrogens is 298 g/mol. The van der Waals surface area contributed by atoms with Gasteiger partial charge in [-0.3, -0.25) is 4.79 Å². The molecule has 0 atom stereocenters. The third-order valence-corrected chi connectivity index (χ3v) is 2.96. The number of nitriles is 1. The fraction of sp³-hybridized carbons (Fsp3) is 0.0667. The number of benzene rings is 2. The molecule has 106 valence electrons. The number of carbonyl (C=O) groups excluding carboxylic acids is 1. The molecule has 2 aromatic carbocycles. The Morgan fingerprint density at radius 1 is 1.19 bits per heavy atom. The first kappa shape index (κ1) is 14.9. The molecule has 2 aromatic rings. The van der Waals surface area contributed by atoms with Crippen molar-refractivity contribution in [3.8, 4) is 6.07 Å². The number of nitrogens with one attached hydrogen (secondary N) is 1. The van der Waals surface area contributed by atoms with Crippen LogP contribution in [0.15, 0.2) is 36.4 Å². The van der Waals surface area contributed by atoms with E-state index in [4.69, 9.17) is 16.9 Å². The van der Waals surface area contributed by atoms with Crippen molar-refractivity contribution in [1.82, 2.24) is 0 Å². The second-order valence-corrected chi connectivity index (χ2v) is 4.71. The Hall–Kier alpha value is -2.45. The summed E-state index contributed by atoms with van der Waals surface area (Å²) in [6.45, 7) is 0. The summed E-state index contributed by atoms with van der Waals surface area (Å²) in [6.07, 6.45) is -0.144. The van der Waals surface area contributed by atoms with Crippen LogP contribution in [0.3, 0.4) is 0 Å². The second kappa shape index (κ2) is 6.33. The first-order chi connectivity index (χ1) is 9.99. The van der Waals surface area contributed by atoms with Gasteiger partial charge in [0, 0.05) is 5.02 Å². The van der Waals surface area contributed by atoms with Gasteiger partial charge in [0.25, 0.3) is 0 Å². The smallest absolute Gasteiger partial charge is 0.228 e. The van der Waals surface area contributed by atoms with E-state index < -0.39 is 17.5 Å². The van der Waals surface area contributed by atoms with Crippen LogP contribution in [-0.4, -0.2) is 5.91 Å². The molecule has 0 radical (unpaired) electrons. The molecule has 0 aromatic heterocycles. The van der Waals surface area contributed by atoms with Crippen molar-refractivity contribution in [2.45, 2.75) is 6.42 Å². The van der Waals surface area contributed by atoms with Crippen LogP contribution in [0.5, 0.6) is 0 Å². The van der Waals surface area contributed by atoms with Crippen LogP contribution in [-0.2, 0) is 11.2 Å². The molecule has 1 N–H and O–H groups in total. The van der Waals surface area contributed by atoms with Crippen molar-refractivity contribution in [2.24, 2.45) is 0 Å². The Kier molecular flexibility index (Phi) is 4.51. The predicted octanol–water partition coefficient (Wildman–Crippen LogP) is 3.67. The van der Waals surface area contributed by atoms with Crippen LogP contribution in [0.4, 0.5) is 14.5 Å². The average Bonchev–Trinajstić information content (AvgIpc) is 2.43. The zero-order valence-electron chi connectivity index (χ0n) is 10.7. The van der Waals surface area contributed by atoms with Gasteiger partial charge in [-0.15, -0.1) is 0 Å². The van der Waals surface area contributed by atoms with Gasteiger partial charge in [-0.05, 0) is 35.9 Å². The summed E-state index contributed by atoms with van der Waals surface area (Å²) in [6, 6.07) is 9.62. The number of halogens is 3. The molecule has 2 rings (SSSR count). The molecular formula is C15H9ClF2N2O. The minimum absolute atomic E-state index is 0.144.